The number of imidazole rings is 1. The topological polar surface area (TPSA) is 43.8 Å². The summed E-state index contributed by atoms with van der Waals surface area (Å²) in [6, 6.07) is 10.5. The Labute approximate surface area is 121 Å². The molecule has 0 radical (unpaired) electrons. The van der Waals surface area contributed by atoms with E-state index >= 15 is 0 Å². The highest BCUT2D eigenvalue weighted by molar-refractivity contribution is 5.26. The molecule has 1 heterocycles. The molecule has 20 heavy (non-hydrogen) atoms. The molecule has 1 aromatic heterocycles. The molecule has 0 aliphatic rings. The van der Waals surface area contributed by atoms with E-state index in [-0.39, 0.29) is 6.04 Å². The van der Waals surface area contributed by atoms with Crippen LogP contribution in [0, 0.1) is 5.92 Å². The monoisotopic (exact) mass is 271 g/mol. The molecule has 2 N–H and O–H groups in total. The van der Waals surface area contributed by atoms with E-state index in [0.717, 1.165) is 23.6 Å². The van der Waals surface area contributed by atoms with Gasteiger partial charge in [-0.05, 0) is 31.2 Å². The lowest BCUT2D eigenvalue weighted by Gasteiger charge is -2.21. The smallest absolute Gasteiger partial charge is 0.0951 e. The van der Waals surface area contributed by atoms with Gasteiger partial charge in [-0.25, -0.2) is 4.98 Å². The van der Waals surface area contributed by atoms with Gasteiger partial charge in [-0.1, -0.05) is 44.2 Å². The first-order valence-corrected chi connectivity index (χ1v) is 7.41. The average Bonchev–Trinajstić information content (AvgIpc) is 2.94. The minimum Gasteiger partial charge on any atom is -0.330 e. The summed E-state index contributed by atoms with van der Waals surface area (Å²) in [5.41, 5.74) is 8.61. The van der Waals surface area contributed by atoms with E-state index in [1.807, 2.05) is 30.7 Å². The van der Waals surface area contributed by atoms with Crippen molar-refractivity contribution in [2.45, 2.75) is 45.7 Å². The predicted molar refractivity (Wildman–Crippen MR) is 83.5 cm³/mol. The molecule has 0 saturated carbocycles. The second kappa shape index (κ2) is 6.71. The molecule has 2 aromatic rings. The van der Waals surface area contributed by atoms with Crippen molar-refractivity contribution in [3.05, 3.63) is 54.1 Å². The number of rotatable bonds is 6. The van der Waals surface area contributed by atoms with Crippen molar-refractivity contribution in [2.75, 3.05) is 0 Å². The van der Waals surface area contributed by atoms with Crippen molar-refractivity contribution in [1.82, 2.24) is 9.55 Å². The van der Waals surface area contributed by atoms with E-state index in [2.05, 4.69) is 42.5 Å². The maximum absolute atomic E-state index is 6.39. The van der Waals surface area contributed by atoms with E-state index < -0.39 is 0 Å². The second-order valence-corrected chi connectivity index (χ2v) is 5.93. The zero-order valence-corrected chi connectivity index (χ0v) is 12.7. The lowest BCUT2D eigenvalue weighted by atomic mass is 10.0. The first-order valence-electron chi connectivity index (χ1n) is 7.41. The highest BCUT2D eigenvalue weighted by Gasteiger charge is 2.16. The van der Waals surface area contributed by atoms with Crippen LogP contribution in [0.1, 0.15) is 57.0 Å². The number of hydrogen-bond donors (Lipinski definition) is 1. The fourth-order valence-electron chi connectivity index (χ4n) is 2.47. The maximum Gasteiger partial charge on any atom is 0.0951 e. The van der Waals surface area contributed by atoms with Crippen LogP contribution in [0.2, 0.25) is 0 Å². The van der Waals surface area contributed by atoms with Crippen LogP contribution < -0.4 is 5.73 Å². The summed E-state index contributed by atoms with van der Waals surface area (Å²) in [6.45, 7) is 6.76. The summed E-state index contributed by atoms with van der Waals surface area (Å²) < 4.78 is 2.22. The predicted octanol–water partition coefficient (Wildman–Crippen LogP) is 3.93. The summed E-state index contributed by atoms with van der Waals surface area (Å²) in [6.07, 6.45) is 6.18. The van der Waals surface area contributed by atoms with Crippen LogP contribution in [0.3, 0.4) is 0 Å². The van der Waals surface area contributed by atoms with Crippen LogP contribution >= 0.6 is 0 Å². The number of nitrogens with zero attached hydrogens (tertiary/aromatic N) is 2. The molecule has 2 unspecified atom stereocenters. The Morgan fingerprint density at radius 2 is 1.80 bits per heavy atom. The third-order valence-electron chi connectivity index (χ3n) is 3.81. The van der Waals surface area contributed by atoms with E-state index in [9.17, 15) is 0 Å². The Morgan fingerprint density at radius 1 is 1.10 bits per heavy atom. The average molecular weight is 271 g/mol. The molecule has 0 fully saturated rings. The fraction of sp³-hybridized carbons (Fsp3) is 0.471. The van der Waals surface area contributed by atoms with Gasteiger partial charge in [0.1, 0.15) is 0 Å². The normalized spacial score (nSPS) is 14.4. The molecule has 0 saturated heterocycles. The molecule has 2 rings (SSSR count). The quantitative estimate of drug-likeness (QED) is 0.865. The first-order chi connectivity index (χ1) is 9.59. The van der Waals surface area contributed by atoms with Crippen molar-refractivity contribution in [2.24, 2.45) is 11.7 Å². The summed E-state index contributed by atoms with van der Waals surface area (Å²) in [7, 11) is 0. The van der Waals surface area contributed by atoms with Crippen molar-refractivity contribution in [3.63, 3.8) is 0 Å². The van der Waals surface area contributed by atoms with Crippen LogP contribution in [-0.2, 0) is 0 Å². The van der Waals surface area contributed by atoms with E-state index in [1.54, 1.807) is 0 Å². The summed E-state index contributed by atoms with van der Waals surface area (Å²) in [5, 5.41) is 0. The summed E-state index contributed by atoms with van der Waals surface area (Å²) in [5.74, 6) is 0.729. The van der Waals surface area contributed by atoms with Crippen molar-refractivity contribution >= 4 is 0 Å². The Balaban J connectivity index is 2.16. The first kappa shape index (κ1) is 14.8. The third-order valence-corrected chi connectivity index (χ3v) is 3.81. The number of benzene rings is 1. The molecular formula is C17H25N3. The standard InChI is InChI=1S/C17H25N3/c1-13(2)9-10-14(3)20-12-19-11-16(20)17(18)15-7-5-4-6-8-15/h4-8,11-14,17H,9-10,18H2,1-3H3. The lowest BCUT2D eigenvalue weighted by Crippen LogP contribution is -2.18. The molecular weight excluding hydrogens is 246 g/mol. The van der Waals surface area contributed by atoms with Gasteiger partial charge in [0, 0.05) is 6.04 Å². The molecule has 0 amide bonds. The molecule has 1 aromatic carbocycles. The van der Waals surface area contributed by atoms with Gasteiger partial charge in [0.05, 0.1) is 24.3 Å². The third kappa shape index (κ3) is 3.48. The van der Waals surface area contributed by atoms with Crippen LogP contribution in [-0.4, -0.2) is 9.55 Å². The largest absolute Gasteiger partial charge is 0.330 e. The molecule has 0 bridgehead atoms. The number of aromatic nitrogens is 2. The highest BCUT2D eigenvalue weighted by Crippen LogP contribution is 2.24. The molecule has 0 aliphatic heterocycles. The Hall–Kier alpha value is -1.61. The molecule has 3 nitrogen and oxygen atoms in total. The van der Waals surface area contributed by atoms with Gasteiger partial charge in [0.15, 0.2) is 0 Å². The minimum absolute atomic E-state index is 0.111. The summed E-state index contributed by atoms with van der Waals surface area (Å²) in [4.78, 5) is 4.30. The van der Waals surface area contributed by atoms with E-state index in [0.29, 0.717) is 6.04 Å². The number of nitrogens with two attached hydrogens (primary N) is 1. The Morgan fingerprint density at radius 3 is 2.45 bits per heavy atom. The molecule has 3 heteroatoms. The summed E-state index contributed by atoms with van der Waals surface area (Å²) >= 11 is 0. The Bertz CT molecular complexity index is 516. The van der Waals surface area contributed by atoms with Gasteiger partial charge < -0.3 is 10.3 Å². The van der Waals surface area contributed by atoms with E-state index in [4.69, 9.17) is 5.73 Å². The number of hydrogen-bond acceptors (Lipinski definition) is 2. The van der Waals surface area contributed by atoms with Crippen LogP contribution in [0.25, 0.3) is 0 Å². The second-order valence-electron chi connectivity index (χ2n) is 5.93. The SMILES string of the molecule is CC(C)CCC(C)n1cncc1C(N)c1ccccc1. The van der Waals surface area contributed by atoms with Gasteiger partial charge in [0.25, 0.3) is 0 Å². The van der Waals surface area contributed by atoms with Gasteiger partial charge in [-0.3, -0.25) is 0 Å². The van der Waals surface area contributed by atoms with Crippen LogP contribution in [0.5, 0.6) is 0 Å². The van der Waals surface area contributed by atoms with Gasteiger partial charge >= 0.3 is 0 Å². The maximum atomic E-state index is 6.39. The molecule has 108 valence electrons. The molecule has 0 aliphatic carbocycles. The molecule has 2 atom stereocenters. The van der Waals surface area contributed by atoms with Crippen molar-refractivity contribution in [3.8, 4) is 0 Å². The van der Waals surface area contributed by atoms with Gasteiger partial charge in [-0.2, -0.15) is 0 Å². The Kier molecular flexibility index (Phi) is 4.96. The highest BCUT2D eigenvalue weighted by atomic mass is 15.1. The van der Waals surface area contributed by atoms with E-state index in [1.165, 1.54) is 6.42 Å². The van der Waals surface area contributed by atoms with Gasteiger partial charge in [-0.15, -0.1) is 0 Å². The fourth-order valence-corrected chi connectivity index (χ4v) is 2.47. The minimum atomic E-state index is -0.111. The van der Waals surface area contributed by atoms with Crippen LogP contribution in [0.15, 0.2) is 42.9 Å². The van der Waals surface area contributed by atoms with Crippen LogP contribution in [0.4, 0.5) is 0 Å². The molecule has 0 spiro atoms. The zero-order valence-electron chi connectivity index (χ0n) is 12.7. The van der Waals surface area contributed by atoms with Crippen molar-refractivity contribution in [1.29, 1.82) is 0 Å². The lowest BCUT2D eigenvalue weighted by molar-refractivity contribution is 0.427. The zero-order chi connectivity index (χ0) is 14.5. The van der Waals surface area contributed by atoms with Gasteiger partial charge in [0.2, 0.25) is 0 Å². The van der Waals surface area contributed by atoms with Crippen molar-refractivity contribution < 1.29 is 0 Å².